The molecule has 0 fully saturated rings. The highest BCUT2D eigenvalue weighted by molar-refractivity contribution is 5.76. The molecule has 0 aliphatic carbocycles. The Hall–Kier alpha value is -0.610. The summed E-state index contributed by atoms with van der Waals surface area (Å²) in [5.74, 6) is -0.0199. The van der Waals surface area contributed by atoms with Crippen LogP contribution in [0.5, 0.6) is 0 Å². The van der Waals surface area contributed by atoms with E-state index in [1.54, 1.807) is 0 Å². The molecule has 4 nitrogen and oxygen atoms in total. The molecule has 2 atom stereocenters. The molecule has 0 aliphatic rings. The third kappa shape index (κ3) is 58.2. The van der Waals surface area contributed by atoms with Crippen LogP contribution in [0.2, 0.25) is 0 Å². The van der Waals surface area contributed by atoms with Gasteiger partial charge in [-0.1, -0.05) is 373 Å². The lowest BCUT2D eigenvalue weighted by molar-refractivity contribution is -0.123. The summed E-state index contributed by atoms with van der Waals surface area (Å²) in [5.41, 5.74) is 0. The van der Waals surface area contributed by atoms with Crippen molar-refractivity contribution < 1.29 is 15.0 Å². The van der Waals surface area contributed by atoms with E-state index in [9.17, 15) is 15.0 Å². The maximum absolute atomic E-state index is 12.5. The molecule has 69 heavy (non-hydrogen) atoms. The first-order valence-electron chi connectivity index (χ1n) is 32.7. The van der Waals surface area contributed by atoms with Crippen LogP contribution in [0.1, 0.15) is 393 Å². The van der Waals surface area contributed by atoms with Crippen LogP contribution in [0.25, 0.3) is 0 Å². The third-order valence-corrected chi connectivity index (χ3v) is 15.9. The summed E-state index contributed by atoms with van der Waals surface area (Å²) in [6.07, 6.45) is 80.0. The van der Waals surface area contributed by atoms with Gasteiger partial charge in [-0.05, 0) is 12.8 Å². The average Bonchev–Trinajstić information content (AvgIpc) is 3.35. The normalized spacial score (nSPS) is 12.6. The van der Waals surface area contributed by atoms with Crippen LogP contribution in [0, 0.1) is 0 Å². The topological polar surface area (TPSA) is 69.6 Å². The Morgan fingerprint density at radius 1 is 0.290 bits per heavy atom. The van der Waals surface area contributed by atoms with Crippen LogP contribution in [-0.4, -0.2) is 34.9 Å². The molecule has 0 radical (unpaired) electrons. The first-order chi connectivity index (χ1) is 34.2. The Morgan fingerprint density at radius 3 is 0.652 bits per heavy atom. The number of aliphatic hydroxyl groups excluding tert-OH is 2. The number of carbonyl (C=O) groups excluding carboxylic acids is 1. The quantitative estimate of drug-likeness (QED) is 0.0532. The molecule has 3 N–H and O–H groups in total. The Labute approximate surface area is 435 Å². The number of rotatable bonds is 62. The van der Waals surface area contributed by atoms with Crippen molar-refractivity contribution in [2.75, 3.05) is 6.61 Å². The average molecular weight is 975 g/mol. The van der Waals surface area contributed by atoms with E-state index >= 15 is 0 Å². The first-order valence-corrected chi connectivity index (χ1v) is 32.7. The molecule has 0 rings (SSSR count). The van der Waals surface area contributed by atoms with Gasteiger partial charge >= 0.3 is 0 Å². The number of aliphatic hydroxyl groups is 2. The minimum Gasteiger partial charge on any atom is -0.394 e. The number of unbranched alkanes of at least 4 members (excludes halogenated alkanes) is 55. The van der Waals surface area contributed by atoms with Gasteiger partial charge in [0.1, 0.15) is 0 Å². The van der Waals surface area contributed by atoms with Crippen molar-refractivity contribution in [1.29, 1.82) is 0 Å². The van der Waals surface area contributed by atoms with E-state index in [2.05, 4.69) is 19.2 Å². The van der Waals surface area contributed by atoms with E-state index in [-0.39, 0.29) is 12.5 Å². The smallest absolute Gasteiger partial charge is 0.220 e. The monoisotopic (exact) mass is 974 g/mol. The molecule has 0 aliphatic heterocycles. The van der Waals surface area contributed by atoms with Gasteiger partial charge in [-0.3, -0.25) is 4.79 Å². The van der Waals surface area contributed by atoms with Crippen LogP contribution in [0.3, 0.4) is 0 Å². The highest BCUT2D eigenvalue weighted by Crippen LogP contribution is 2.20. The summed E-state index contributed by atoms with van der Waals surface area (Å²) in [7, 11) is 0. The lowest BCUT2D eigenvalue weighted by atomic mass is 10.0. The van der Waals surface area contributed by atoms with Crippen molar-refractivity contribution in [2.45, 2.75) is 405 Å². The standard InChI is InChI=1S/C65H131NO3/c1-3-5-7-9-11-13-15-17-19-21-23-25-27-29-31-32-33-35-37-39-41-43-45-47-49-51-53-55-57-59-61-65(69)66-63(62-67)64(68)60-58-56-54-52-50-48-46-44-42-40-38-36-34-30-28-26-24-22-20-18-16-14-12-10-8-6-4-2/h63-64,67-68H,3-62H2,1-2H3,(H,66,69). The number of amides is 1. The molecular formula is C65H131NO3. The Morgan fingerprint density at radius 2 is 0.464 bits per heavy atom. The number of hydrogen-bond donors (Lipinski definition) is 3. The van der Waals surface area contributed by atoms with Crippen molar-refractivity contribution in [2.24, 2.45) is 0 Å². The van der Waals surface area contributed by atoms with Gasteiger partial charge in [0.05, 0.1) is 18.8 Å². The lowest BCUT2D eigenvalue weighted by Gasteiger charge is -2.22. The molecule has 414 valence electrons. The molecule has 0 aromatic heterocycles. The van der Waals surface area contributed by atoms with Gasteiger partial charge in [-0.15, -0.1) is 0 Å². The zero-order chi connectivity index (χ0) is 49.9. The van der Waals surface area contributed by atoms with E-state index < -0.39 is 12.1 Å². The summed E-state index contributed by atoms with van der Waals surface area (Å²) >= 11 is 0. The number of carbonyl (C=O) groups is 1. The summed E-state index contributed by atoms with van der Waals surface area (Å²) in [6, 6.07) is -0.532. The molecule has 0 saturated heterocycles. The summed E-state index contributed by atoms with van der Waals surface area (Å²) in [4.78, 5) is 12.5. The second-order valence-electron chi connectivity index (χ2n) is 22.9. The zero-order valence-electron chi connectivity index (χ0n) is 47.9. The van der Waals surface area contributed by atoms with Crippen LogP contribution in [-0.2, 0) is 4.79 Å². The molecule has 0 heterocycles. The Balaban J connectivity index is 3.37. The van der Waals surface area contributed by atoms with Crippen LogP contribution >= 0.6 is 0 Å². The van der Waals surface area contributed by atoms with Crippen molar-refractivity contribution in [1.82, 2.24) is 5.32 Å². The Bertz CT molecular complexity index is 925. The van der Waals surface area contributed by atoms with Gasteiger partial charge < -0.3 is 15.5 Å². The van der Waals surface area contributed by atoms with E-state index in [0.29, 0.717) is 12.8 Å². The molecular weight excluding hydrogens is 843 g/mol. The zero-order valence-corrected chi connectivity index (χ0v) is 47.9. The van der Waals surface area contributed by atoms with Crippen molar-refractivity contribution in [3.8, 4) is 0 Å². The molecule has 4 heteroatoms. The van der Waals surface area contributed by atoms with Crippen LogP contribution in [0.4, 0.5) is 0 Å². The highest BCUT2D eigenvalue weighted by Gasteiger charge is 2.20. The van der Waals surface area contributed by atoms with Crippen molar-refractivity contribution in [3.63, 3.8) is 0 Å². The van der Waals surface area contributed by atoms with Gasteiger partial charge in [-0.2, -0.15) is 0 Å². The van der Waals surface area contributed by atoms with E-state index in [1.165, 1.54) is 340 Å². The van der Waals surface area contributed by atoms with E-state index in [1.807, 2.05) is 0 Å². The van der Waals surface area contributed by atoms with Crippen LogP contribution < -0.4 is 5.32 Å². The Kier molecular flexibility index (Phi) is 61.1. The first kappa shape index (κ1) is 68.4. The lowest BCUT2D eigenvalue weighted by Crippen LogP contribution is -2.45. The maximum atomic E-state index is 12.5. The van der Waals surface area contributed by atoms with Crippen LogP contribution in [0.15, 0.2) is 0 Å². The molecule has 0 bridgehead atoms. The van der Waals surface area contributed by atoms with E-state index in [4.69, 9.17) is 0 Å². The number of nitrogens with one attached hydrogen (secondary N) is 1. The maximum Gasteiger partial charge on any atom is 0.220 e. The van der Waals surface area contributed by atoms with Gasteiger partial charge in [0.15, 0.2) is 0 Å². The molecule has 2 unspecified atom stereocenters. The van der Waals surface area contributed by atoms with Gasteiger partial charge in [-0.25, -0.2) is 0 Å². The van der Waals surface area contributed by atoms with E-state index in [0.717, 1.165) is 25.7 Å². The largest absolute Gasteiger partial charge is 0.394 e. The van der Waals surface area contributed by atoms with Crippen molar-refractivity contribution >= 4 is 5.91 Å². The highest BCUT2D eigenvalue weighted by atomic mass is 16.3. The third-order valence-electron chi connectivity index (χ3n) is 15.9. The second-order valence-corrected chi connectivity index (χ2v) is 22.9. The number of hydrogen-bond acceptors (Lipinski definition) is 3. The molecule has 0 aromatic rings. The molecule has 0 saturated carbocycles. The predicted molar refractivity (Wildman–Crippen MR) is 309 cm³/mol. The molecule has 0 aromatic carbocycles. The summed E-state index contributed by atoms with van der Waals surface area (Å²) in [5, 5.41) is 23.4. The fraction of sp³-hybridized carbons (Fsp3) is 0.985. The summed E-state index contributed by atoms with van der Waals surface area (Å²) in [6.45, 7) is 4.42. The fourth-order valence-electron chi connectivity index (χ4n) is 10.9. The SMILES string of the molecule is CCCCCCCCCCCCCCCCCCCCCCCCCCCCCCCCC(=O)NC(CO)C(O)CCCCCCCCCCCCCCCCCCCCCCCCCCCCC. The minimum absolute atomic E-state index is 0.0199. The predicted octanol–water partition coefficient (Wildman–Crippen LogP) is 21.9. The fourth-order valence-corrected chi connectivity index (χ4v) is 10.9. The van der Waals surface area contributed by atoms with Crippen molar-refractivity contribution in [3.05, 3.63) is 0 Å². The second kappa shape index (κ2) is 61.7. The minimum atomic E-state index is -0.656. The van der Waals surface area contributed by atoms with Gasteiger partial charge in [0, 0.05) is 6.42 Å². The molecule has 0 spiro atoms. The van der Waals surface area contributed by atoms with Gasteiger partial charge in [0.2, 0.25) is 5.91 Å². The molecule has 1 amide bonds. The summed E-state index contributed by atoms with van der Waals surface area (Å²) < 4.78 is 0. The van der Waals surface area contributed by atoms with Gasteiger partial charge in [0.25, 0.3) is 0 Å².